The van der Waals surface area contributed by atoms with Crippen molar-refractivity contribution < 1.29 is 13.6 Å². The number of nitrogens with zero attached hydrogens (tertiary/aromatic N) is 4. The maximum atomic E-state index is 13.5. The van der Waals surface area contributed by atoms with E-state index in [4.69, 9.17) is 14.8 Å². The average Bonchev–Trinajstić information content (AvgIpc) is 3.31. The van der Waals surface area contributed by atoms with Crippen LogP contribution in [0.5, 0.6) is 0 Å². The van der Waals surface area contributed by atoms with E-state index in [0.717, 1.165) is 19.3 Å². The maximum Gasteiger partial charge on any atom is 0.335 e. The van der Waals surface area contributed by atoms with Crippen molar-refractivity contribution >= 4 is 49.8 Å². The summed E-state index contributed by atoms with van der Waals surface area (Å²) in [5, 5.41) is 0. The third kappa shape index (κ3) is 11.7. The Morgan fingerprint density at radius 3 is 2.05 bits per heavy atom. The number of nitrogens with two attached hydrogens (primary N) is 1. The average molecular weight is 588 g/mol. The third-order valence-electron chi connectivity index (χ3n) is 7.09. The minimum atomic E-state index is -3.41. The van der Waals surface area contributed by atoms with E-state index < -0.39 is 17.3 Å². The normalized spacial score (nSPS) is 14.7. The van der Waals surface area contributed by atoms with E-state index >= 15 is 0 Å². The molecule has 0 aromatic carbocycles. The Kier molecular flexibility index (Phi) is 15.6. The Bertz CT molecular complexity index is 975. The van der Waals surface area contributed by atoms with Crippen molar-refractivity contribution in [3.05, 3.63) is 12.7 Å². The minimum absolute atomic E-state index is 0.132. The molecule has 0 fully saturated rings. The predicted molar refractivity (Wildman–Crippen MR) is 165 cm³/mol. The molecule has 0 radical (unpaired) electrons. The summed E-state index contributed by atoms with van der Waals surface area (Å²) in [5.74, 6) is 0.311. The van der Waals surface area contributed by atoms with Gasteiger partial charge in [0.2, 0.25) is 0 Å². The molecule has 8 nitrogen and oxygen atoms in total. The number of anilines is 1. The van der Waals surface area contributed by atoms with Gasteiger partial charge in [0.25, 0.3) is 0 Å². The first-order valence-electron chi connectivity index (χ1n) is 14.4. The van der Waals surface area contributed by atoms with Crippen molar-refractivity contribution in [2.45, 2.75) is 126 Å². The molecule has 0 bridgehead atoms. The second kappa shape index (κ2) is 17.8. The number of hydrogen-bond acceptors (Lipinski definition) is 9. The number of unbranched alkanes of at least 4 members (excludes halogenated alkanes) is 13. The van der Waals surface area contributed by atoms with E-state index in [1.807, 2.05) is 6.92 Å². The Morgan fingerprint density at radius 1 is 0.947 bits per heavy atom. The largest absolute Gasteiger partial charge is 0.382 e. The fraction of sp³-hybridized carbons (Fsp3) is 0.815. The number of rotatable bonds is 22. The van der Waals surface area contributed by atoms with Crippen molar-refractivity contribution in [1.29, 1.82) is 0 Å². The monoisotopic (exact) mass is 587 g/mol. The lowest BCUT2D eigenvalue weighted by molar-refractivity contribution is 0.218. The Balaban J connectivity index is 1.62. The lowest BCUT2D eigenvalue weighted by Gasteiger charge is -2.28. The molecule has 2 rings (SSSR count). The molecule has 38 heavy (non-hydrogen) atoms. The van der Waals surface area contributed by atoms with Gasteiger partial charge in [-0.15, -0.1) is 0 Å². The summed E-state index contributed by atoms with van der Waals surface area (Å²) in [6.45, 7) is 4.58. The number of hydrogen-bond donors (Lipinski definition) is 3. The van der Waals surface area contributed by atoms with Crippen molar-refractivity contribution in [3.63, 3.8) is 0 Å². The number of fused-ring (bicyclic) bond motifs is 1. The Hall–Kier alpha value is -0.800. The van der Waals surface area contributed by atoms with Gasteiger partial charge >= 0.3 is 7.60 Å². The highest BCUT2D eigenvalue weighted by Gasteiger charge is 2.35. The van der Waals surface area contributed by atoms with E-state index in [-0.39, 0.29) is 6.61 Å². The number of nitrogen functional groups attached to an aromatic ring is 1. The van der Waals surface area contributed by atoms with Crippen molar-refractivity contribution in [2.24, 2.45) is 0 Å². The summed E-state index contributed by atoms with van der Waals surface area (Å²) in [6, 6.07) is 0. The zero-order chi connectivity index (χ0) is 27.9. The molecule has 2 N–H and O–H groups in total. The van der Waals surface area contributed by atoms with E-state index in [1.165, 1.54) is 90.5 Å². The molecule has 11 heteroatoms. The molecule has 0 amide bonds. The fourth-order valence-corrected chi connectivity index (χ4v) is 6.79. The van der Waals surface area contributed by atoms with Crippen molar-refractivity contribution in [2.75, 3.05) is 19.5 Å². The van der Waals surface area contributed by atoms with Gasteiger partial charge in [-0.3, -0.25) is 4.57 Å². The van der Waals surface area contributed by atoms with E-state index in [1.54, 1.807) is 10.9 Å². The summed E-state index contributed by atoms with van der Waals surface area (Å²) in [6.07, 6.45) is 22.2. The van der Waals surface area contributed by atoms with E-state index in [9.17, 15) is 4.57 Å². The molecule has 2 aromatic rings. The van der Waals surface area contributed by atoms with Crippen LogP contribution in [-0.2, 0) is 20.2 Å². The molecular weight excluding hydrogens is 537 g/mol. The van der Waals surface area contributed by atoms with E-state index in [2.05, 4.69) is 47.1 Å². The number of thiol groups is 2. The molecule has 0 aliphatic heterocycles. The van der Waals surface area contributed by atoms with Gasteiger partial charge in [-0.1, -0.05) is 96.8 Å². The van der Waals surface area contributed by atoms with Crippen LogP contribution in [-0.4, -0.2) is 43.0 Å². The standard InChI is InChI=1S/C27H50N5O3PS2/c1-4-5-6-7-8-9-10-11-12-13-14-15-16-17-18-27(37,38)20-35-36(33,34-3)23(2)19-32-22-31-24-25(28)29-21-30-26(24)32/h21-23,37-38H,4-20H2,1-3H3,(H2,28,29,30)/t23-,36-/m1/s1. The van der Waals surface area contributed by atoms with Crippen LogP contribution in [0, 0.1) is 0 Å². The number of aromatic nitrogens is 4. The third-order valence-corrected chi connectivity index (χ3v) is 10.0. The maximum absolute atomic E-state index is 13.5. The molecule has 2 atom stereocenters. The van der Waals surface area contributed by atoms with Gasteiger partial charge in [-0.05, 0) is 13.3 Å². The molecule has 0 saturated heterocycles. The van der Waals surface area contributed by atoms with Gasteiger partial charge in [-0.2, -0.15) is 25.3 Å². The highest BCUT2D eigenvalue weighted by Crippen LogP contribution is 2.54. The quantitative estimate of drug-likeness (QED) is 0.0553. The summed E-state index contributed by atoms with van der Waals surface area (Å²) in [7, 11) is -2.00. The second-order valence-electron chi connectivity index (χ2n) is 10.5. The Morgan fingerprint density at radius 2 is 1.50 bits per heavy atom. The lowest BCUT2D eigenvalue weighted by Crippen LogP contribution is -2.24. The summed E-state index contributed by atoms with van der Waals surface area (Å²) in [4.78, 5) is 12.5. The predicted octanol–water partition coefficient (Wildman–Crippen LogP) is 8.08. The smallest absolute Gasteiger partial charge is 0.335 e. The van der Waals surface area contributed by atoms with Crippen LogP contribution in [0.4, 0.5) is 5.82 Å². The first-order chi connectivity index (χ1) is 18.2. The van der Waals surface area contributed by atoms with Gasteiger partial charge < -0.3 is 19.3 Å². The summed E-state index contributed by atoms with van der Waals surface area (Å²) < 4.78 is 25.8. The van der Waals surface area contributed by atoms with Crippen molar-refractivity contribution in [3.8, 4) is 0 Å². The van der Waals surface area contributed by atoms with Gasteiger partial charge in [0.1, 0.15) is 11.8 Å². The van der Waals surface area contributed by atoms with Crippen LogP contribution in [0.15, 0.2) is 12.7 Å². The molecule has 218 valence electrons. The van der Waals surface area contributed by atoms with E-state index in [0.29, 0.717) is 23.5 Å². The van der Waals surface area contributed by atoms with Crippen LogP contribution in [0.1, 0.15) is 110 Å². The molecule has 2 aromatic heterocycles. The topological polar surface area (TPSA) is 105 Å². The summed E-state index contributed by atoms with van der Waals surface area (Å²) in [5.41, 5.74) is 6.55. The molecule has 2 heterocycles. The first-order valence-corrected chi connectivity index (χ1v) is 16.9. The van der Waals surface area contributed by atoms with Crippen LogP contribution < -0.4 is 5.73 Å². The van der Waals surface area contributed by atoms with Crippen LogP contribution in [0.2, 0.25) is 0 Å². The SMILES string of the molecule is CCCCCCCCCCCCCCCCC(S)(S)CO[P@](=O)(OC)[C@H](C)Cn1cnc2c(N)ncnc21. The fourth-order valence-electron chi connectivity index (χ4n) is 4.65. The molecule has 0 aliphatic carbocycles. The molecule has 0 unspecified atom stereocenters. The second-order valence-corrected chi connectivity index (χ2v) is 15.2. The van der Waals surface area contributed by atoms with Crippen LogP contribution >= 0.6 is 32.9 Å². The minimum Gasteiger partial charge on any atom is -0.382 e. The zero-order valence-electron chi connectivity index (χ0n) is 23.7. The molecule has 0 aliphatic rings. The van der Waals surface area contributed by atoms with Crippen molar-refractivity contribution in [1.82, 2.24) is 19.5 Å². The number of imidazole rings is 1. The van der Waals surface area contributed by atoms with Gasteiger partial charge in [0.05, 0.1) is 22.7 Å². The Labute approximate surface area is 241 Å². The van der Waals surface area contributed by atoms with Crippen LogP contribution in [0.3, 0.4) is 0 Å². The highest BCUT2D eigenvalue weighted by molar-refractivity contribution is 8.00. The zero-order valence-corrected chi connectivity index (χ0v) is 26.4. The molecule has 0 spiro atoms. The first kappa shape index (κ1) is 33.4. The summed E-state index contributed by atoms with van der Waals surface area (Å²) >= 11 is 9.38. The van der Waals surface area contributed by atoms with Gasteiger partial charge in [-0.25, -0.2) is 15.0 Å². The molecular formula is C27H50N5O3PS2. The van der Waals surface area contributed by atoms with Gasteiger partial charge in [0, 0.05) is 13.7 Å². The van der Waals surface area contributed by atoms with Gasteiger partial charge in [0.15, 0.2) is 11.5 Å². The highest BCUT2D eigenvalue weighted by atomic mass is 32.2. The lowest BCUT2D eigenvalue weighted by atomic mass is 10.0. The van der Waals surface area contributed by atoms with Crippen LogP contribution in [0.25, 0.3) is 11.2 Å². The molecule has 0 saturated carbocycles.